The van der Waals surface area contributed by atoms with Crippen molar-refractivity contribution in [2.45, 2.75) is 107 Å². The second kappa shape index (κ2) is 31.4. The lowest BCUT2D eigenvalue weighted by Gasteiger charge is -2.30. The van der Waals surface area contributed by atoms with E-state index in [1.165, 1.54) is 12.5 Å². The summed E-state index contributed by atoms with van der Waals surface area (Å²) in [6.45, 7) is 3.66. The SMILES string of the molecule is CC(C)[C@H](NC(=O)[C@H](CCCCN)NC(=O)[C@@H](Cc1c[nH]c2ccccc12)NC(=O)[C@H](Cc1cnc[nH]1)NC(=O)[C@@H](CS)NC(=O)[C@@H](N)Cc1ccc2ccccc2c1)C(=O)N[C@@H](CS)C(=O)N[C@H](C(N)=O)C(c1ccccc1)c1ccccc1. The summed E-state index contributed by atoms with van der Waals surface area (Å²) in [5.41, 5.74) is 22.3. The summed E-state index contributed by atoms with van der Waals surface area (Å²) in [5.74, 6) is -7.61. The van der Waals surface area contributed by atoms with Crippen molar-refractivity contribution < 1.29 is 38.4 Å². The van der Waals surface area contributed by atoms with Gasteiger partial charge in [0.2, 0.25) is 47.3 Å². The van der Waals surface area contributed by atoms with Gasteiger partial charge in [-0.15, -0.1) is 0 Å². The summed E-state index contributed by atoms with van der Waals surface area (Å²) in [5, 5.41) is 22.1. The van der Waals surface area contributed by atoms with E-state index in [0.29, 0.717) is 35.2 Å². The minimum atomic E-state index is -1.38. The molecule has 0 aliphatic rings. The van der Waals surface area contributed by atoms with Crippen molar-refractivity contribution >= 4 is 94.2 Å². The molecular formula is C62H75N13O8S2. The monoisotopic (exact) mass is 1190 g/mol. The molecule has 23 heteroatoms. The number of primary amides is 1. The van der Waals surface area contributed by atoms with Gasteiger partial charge in [0.25, 0.3) is 0 Å². The third-order valence-corrected chi connectivity index (χ3v) is 15.4. The zero-order valence-electron chi connectivity index (χ0n) is 47.3. The zero-order valence-corrected chi connectivity index (χ0v) is 49.1. The van der Waals surface area contributed by atoms with Gasteiger partial charge in [-0.1, -0.05) is 135 Å². The first-order valence-corrected chi connectivity index (χ1v) is 29.4. The maximum atomic E-state index is 14.9. The van der Waals surface area contributed by atoms with E-state index in [4.69, 9.17) is 17.2 Å². The number of nitrogens with two attached hydrogens (primary N) is 3. The van der Waals surface area contributed by atoms with Gasteiger partial charge in [-0.05, 0) is 77.2 Å². The van der Waals surface area contributed by atoms with Crippen LogP contribution in [0.1, 0.15) is 67.0 Å². The van der Waals surface area contributed by atoms with Gasteiger partial charge < -0.3 is 64.4 Å². The number of thiol groups is 2. The lowest BCUT2D eigenvalue weighted by atomic mass is 9.84. The molecule has 0 unspecified atom stereocenters. The fraction of sp³-hybridized carbons (Fsp3) is 0.339. The standard InChI is InChI=1S/C62H75N13O8S2/c1-36(2)53(62(83)73-51(34-85)61(82)75-54(55(65)76)52(39-16-5-3-6-17-39)40-18-7-4-8-19-40)74-57(78)47(23-13-14-26-63)69-58(79)48(29-42-31-67-46-22-12-11-21-44(42)46)70-59(80)49(30-43-32-66-35-68-43)71-60(81)50(33-84)72-56(77)45(64)28-37-24-25-38-15-9-10-20-41(38)27-37/h3-12,15-22,24-25,27,31-32,35-36,45,47-54,67,84-85H,13-14,23,26,28-30,33-34,63-64H2,1-2H3,(H2,65,76)(H,66,68)(H,69,79)(H,70,80)(H,71,81)(H,72,77)(H,73,83)(H,74,78)(H,75,82)/t45-,47-,48+,49-,50+,51-,53-,54-/m0/s1. The average molecular weight is 1190 g/mol. The number of amides is 8. The number of carbonyl (C=O) groups is 8. The van der Waals surface area contributed by atoms with Crippen molar-refractivity contribution in [1.29, 1.82) is 0 Å². The van der Waals surface area contributed by atoms with E-state index in [-0.39, 0.29) is 43.7 Å². The van der Waals surface area contributed by atoms with Gasteiger partial charge in [0, 0.05) is 59.3 Å². The Morgan fingerprint density at radius 3 is 1.67 bits per heavy atom. The Hall–Kier alpha value is -8.51. The molecule has 0 saturated heterocycles. The Bertz CT molecular complexity index is 3350. The summed E-state index contributed by atoms with van der Waals surface area (Å²) < 4.78 is 0. The topological polar surface area (TPSA) is 343 Å². The Morgan fingerprint density at radius 2 is 1.07 bits per heavy atom. The number of H-pyrrole nitrogens is 2. The van der Waals surface area contributed by atoms with Crippen LogP contribution >= 0.6 is 25.3 Å². The molecule has 8 amide bonds. The van der Waals surface area contributed by atoms with E-state index >= 15 is 0 Å². The molecule has 0 aliphatic carbocycles. The van der Waals surface area contributed by atoms with Gasteiger partial charge >= 0.3 is 0 Å². The molecule has 8 atom stereocenters. The highest BCUT2D eigenvalue weighted by Crippen LogP contribution is 2.29. The number of imidazole rings is 1. The van der Waals surface area contributed by atoms with Crippen molar-refractivity contribution in [3.63, 3.8) is 0 Å². The Balaban J connectivity index is 1.08. The van der Waals surface area contributed by atoms with Crippen LogP contribution in [0.2, 0.25) is 0 Å². The van der Waals surface area contributed by atoms with Crippen LogP contribution in [0.15, 0.2) is 146 Å². The summed E-state index contributed by atoms with van der Waals surface area (Å²) in [7, 11) is 0. The molecule has 5 aromatic carbocycles. The average Bonchev–Trinajstić information content (AvgIpc) is 4.36. The van der Waals surface area contributed by atoms with Gasteiger partial charge in [0.15, 0.2) is 0 Å². The Morgan fingerprint density at radius 1 is 0.541 bits per heavy atom. The van der Waals surface area contributed by atoms with Crippen LogP contribution < -0.4 is 54.4 Å². The van der Waals surface area contributed by atoms with E-state index in [2.05, 4.69) is 77.4 Å². The second-order valence-electron chi connectivity index (χ2n) is 21.2. The number of rotatable bonds is 31. The Kier molecular flexibility index (Phi) is 23.7. The molecule has 0 bridgehead atoms. The molecule has 448 valence electrons. The van der Waals surface area contributed by atoms with E-state index < -0.39 is 107 Å². The third kappa shape index (κ3) is 17.8. The largest absolute Gasteiger partial charge is 0.368 e. The first-order chi connectivity index (χ1) is 41.0. The number of aromatic amines is 2. The number of para-hydroxylation sites is 1. The molecule has 0 spiro atoms. The molecule has 0 saturated carbocycles. The molecular weight excluding hydrogens is 1120 g/mol. The minimum Gasteiger partial charge on any atom is -0.368 e. The number of hydrogen-bond donors (Lipinski definition) is 14. The summed E-state index contributed by atoms with van der Waals surface area (Å²) in [6.07, 6.45) is 5.46. The summed E-state index contributed by atoms with van der Waals surface area (Å²) in [6, 6.07) is 29.0. The van der Waals surface area contributed by atoms with Gasteiger partial charge in [0.1, 0.15) is 42.3 Å². The maximum absolute atomic E-state index is 14.9. The predicted octanol–water partition coefficient (Wildman–Crippen LogP) is 2.76. The first-order valence-electron chi connectivity index (χ1n) is 28.2. The number of nitrogens with one attached hydrogen (secondary N) is 9. The molecule has 85 heavy (non-hydrogen) atoms. The highest BCUT2D eigenvalue weighted by Gasteiger charge is 2.37. The predicted molar refractivity (Wildman–Crippen MR) is 333 cm³/mol. The fourth-order valence-electron chi connectivity index (χ4n) is 10.0. The minimum absolute atomic E-state index is 0.0659. The summed E-state index contributed by atoms with van der Waals surface area (Å²) in [4.78, 5) is 123. The molecule has 2 heterocycles. The van der Waals surface area contributed by atoms with Crippen LogP contribution in [0.5, 0.6) is 0 Å². The van der Waals surface area contributed by atoms with Crippen molar-refractivity contribution in [1.82, 2.24) is 52.2 Å². The van der Waals surface area contributed by atoms with E-state index in [1.54, 1.807) is 44.3 Å². The second-order valence-corrected chi connectivity index (χ2v) is 21.9. The molecule has 0 aliphatic heterocycles. The molecule has 0 fully saturated rings. The van der Waals surface area contributed by atoms with E-state index in [0.717, 1.165) is 27.2 Å². The molecule has 0 radical (unpaired) electrons. The lowest BCUT2D eigenvalue weighted by molar-refractivity contribution is -0.136. The lowest BCUT2D eigenvalue weighted by Crippen LogP contribution is -2.61. The number of unbranched alkanes of at least 4 members (excludes halogenated alkanes) is 1. The molecule has 7 aromatic rings. The van der Waals surface area contributed by atoms with Crippen LogP contribution in [-0.2, 0) is 57.6 Å². The fourth-order valence-corrected chi connectivity index (χ4v) is 10.5. The smallest absolute Gasteiger partial charge is 0.244 e. The van der Waals surface area contributed by atoms with Gasteiger partial charge in [-0.25, -0.2) is 4.98 Å². The normalized spacial score (nSPS) is 14.2. The third-order valence-electron chi connectivity index (χ3n) is 14.7. The van der Waals surface area contributed by atoms with Crippen LogP contribution in [0.3, 0.4) is 0 Å². The van der Waals surface area contributed by atoms with E-state index in [1.807, 2.05) is 103 Å². The van der Waals surface area contributed by atoms with Crippen molar-refractivity contribution in [3.8, 4) is 0 Å². The number of nitrogens with zero attached hydrogens (tertiary/aromatic N) is 1. The van der Waals surface area contributed by atoms with E-state index in [9.17, 15) is 38.4 Å². The summed E-state index contributed by atoms with van der Waals surface area (Å²) >= 11 is 8.76. The van der Waals surface area contributed by atoms with Crippen LogP contribution in [0.25, 0.3) is 21.7 Å². The number of carbonyl (C=O) groups excluding carboxylic acids is 8. The van der Waals surface area contributed by atoms with Gasteiger partial charge in [-0.3, -0.25) is 38.4 Å². The van der Waals surface area contributed by atoms with Crippen LogP contribution in [0.4, 0.5) is 0 Å². The molecule has 15 N–H and O–H groups in total. The number of aromatic nitrogens is 3. The van der Waals surface area contributed by atoms with Crippen LogP contribution in [0, 0.1) is 5.92 Å². The molecule has 21 nitrogen and oxygen atoms in total. The molecule has 7 rings (SSSR count). The van der Waals surface area contributed by atoms with Crippen molar-refractivity contribution in [3.05, 3.63) is 174 Å². The number of fused-ring (bicyclic) bond motifs is 2. The quantitative estimate of drug-likeness (QED) is 0.0221. The molecule has 2 aromatic heterocycles. The van der Waals surface area contributed by atoms with Gasteiger partial charge in [0.05, 0.1) is 12.4 Å². The highest BCUT2D eigenvalue weighted by molar-refractivity contribution is 7.80. The van der Waals surface area contributed by atoms with Gasteiger partial charge in [-0.2, -0.15) is 25.3 Å². The van der Waals surface area contributed by atoms with Crippen molar-refractivity contribution in [2.75, 3.05) is 18.1 Å². The zero-order chi connectivity index (χ0) is 61.0. The Labute approximate surface area is 504 Å². The highest BCUT2D eigenvalue weighted by atomic mass is 32.1. The van der Waals surface area contributed by atoms with Crippen molar-refractivity contribution in [2.24, 2.45) is 23.1 Å². The number of benzene rings is 5. The number of hydrogen-bond acceptors (Lipinski definition) is 13. The first kappa shape index (κ1) is 64.1. The maximum Gasteiger partial charge on any atom is 0.244 e. The van der Waals surface area contributed by atoms with Crippen LogP contribution in [-0.4, -0.2) is 129 Å².